The van der Waals surface area contributed by atoms with E-state index in [1.54, 1.807) is 6.07 Å². The number of nitriles is 1. The van der Waals surface area contributed by atoms with E-state index in [9.17, 15) is 4.79 Å². The highest BCUT2D eigenvalue weighted by Crippen LogP contribution is 2.21. The van der Waals surface area contributed by atoms with Crippen LogP contribution < -0.4 is 4.90 Å². The Kier molecular flexibility index (Phi) is 3.38. The number of carbonyl (C=O) groups is 1. The summed E-state index contributed by atoms with van der Waals surface area (Å²) >= 11 is 0. The molecule has 88 valence electrons. The molecule has 1 saturated heterocycles. The van der Waals surface area contributed by atoms with Crippen molar-refractivity contribution in [1.29, 1.82) is 5.26 Å². The summed E-state index contributed by atoms with van der Waals surface area (Å²) in [6, 6.07) is 5.74. The maximum atomic E-state index is 10.7. The highest BCUT2D eigenvalue weighted by Gasteiger charge is 2.19. The Morgan fingerprint density at radius 1 is 1.47 bits per heavy atom. The molecule has 1 aliphatic heterocycles. The zero-order valence-electron chi connectivity index (χ0n) is 9.89. The van der Waals surface area contributed by atoms with E-state index in [-0.39, 0.29) is 5.92 Å². The molecule has 0 aromatic carbocycles. The number of carbonyl (C=O) groups excluding carboxylic acids is 1. The fourth-order valence-electron chi connectivity index (χ4n) is 2.14. The topological polar surface area (TPSA) is 57.0 Å². The van der Waals surface area contributed by atoms with Crippen molar-refractivity contribution in [1.82, 2.24) is 4.98 Å². The standard InChI is InChI=1S/C13H15N3O/c1-10-6-12(8-14)7-13(15-10)16-4-2-11(9-17)3-5-16/h6-7,9,11H,2-5H2,1H3. The molecule has 0 spiro atoms. The van der Waals surface area contributed by atoms with Gasteiger partial charge >= 0.3 is 0 Å². The van der Waals surface area contributed by atoms with E-state index in [0.29, 0.717) is 5.56 Å². The molecule has 1 fully saturated rings. The second-order valence-electron chi connectivity index (χ2n) is 4.43. The summed E-state index contributed by atoms with van der Waals surface area (Å²) in [5.74, 6) is 1.04. The molecule has 2 heterocycles. The maximum Gasteiger partial charge on any atom is 0.130 e. The van der Waals surface area contributed by atoms with Crippen LogP contribution in [0.5, 0.6) is 0 Å². The van der Waals surface area contributed by atoms with Crippen molar-refractivity contribution in [3.63, 3.8) is 0 Å². The van der Waals surface area contributed by atoms with Gasteiger partial charge in [-0.1, -0.05) is 0 Å². The van der Waals surface area contributed by atoms with Gasteiger partial charge < -0.3 is 9.69 Å². The summed E-state index contributed by atoms with van der Waals surface area (Å²) in [5, 5.41) is 8.92. The Balaban J connectivity index is 2.16. The molecule has 17 heavy (non-hydrogen) atoms. The van der Waals surface area contributed by atoms with Crippen molar-refractivity contribution in [3.05, 3.63) is 23.4 Å². The molecule has 0 atom stereocenters. The number of nitrogens with zero attached hydrogens (tertiary/aromatic N) is 3. The lowest BCUT2D eigenvalue weighted by Gasteiger charge is -2.30. The monoisotopic (exact) mass is 229 g/mol. The van der Waals surface area contributed by atoms with E-state index in [1.807, 2.05) is 13.0 Å². The first-order valence-corrected chi connectivity index (χ1v) is 5.82. The first kappa shape index (κ1) is 11.6. The number of pyridine rings is 1. The molecule has 1 aromatic heterocycles. The van der Waals surface area contributed by atoms with Crippen molar-refractivity contribution in [2.45, 2.75) is 19.8 Å². The zero-order valence-corrected chi connectivity index (χ0v) is 9.89. The number of anilines is 1. The Bertz CT molecular complexity index is 456. The Hall–Kier alpha value is -1.89. The van der Waals surface area contributed by atoms with Crippen molar-refractivity contribution in [3.8, 4) is 6.07 Å². The minimum atomic E-state index is 0.187. The summed E-state index contributed by atoms with van der Waals surface area (Å²) in [6.45, 7) is 3.57. The van der Waals surface area contributed by atoms with Crippen LogP contribution in [-0.4, -0.2) is 24.4 Å². The predicted octanol–water partition coefficient (Wildman–Crippen LogP) is 1.68. The SMILES string of the molecule is Cc1cc(C#N)cc(N2CCC(C=O)CC2)n1. The van der Waals surface area contributed by atoms with Crippen LogP contribution in [0.15, 0.2) is 12.1 Å². The van der Waals surface area contributed by atoms with Crippen LogP contribution in [0.2, 0.25) is 0 Å². The molecule has 4 nitrogen and oxygen atoms in total. The first-order chi connectivity index (χ1) is 8.22. The van der Waals surface area contributed by atoms with Gasteiger partial charge in [0, 0.05) is 24.7 Å². The van der Waals surface area contributed by atoms with Crippen LogP contribution in [0.1, 0.15) is 24.1 Å². The zero-order chi connectivity index (χ0) is 12.3. The number of hydrogen-bond acceptors (Lipinski definition) is 4. The number of rotatable bonds is 2. The number of aryl methyl sites for hydroxylation is 1. The van der Waals surface area contributed by atoms with Gasteiger partial charge in [-0.2, -0.15) is 5.26 Å². The minimum Gasteiger partial charge on any atom is -0.357 e. The van der Waals surface area contributed by atoms with Gasteiger partial charge in [0.25, 0.3) is 0 Å². The van der Waals surface area contributed by atoms with Crippen molar-refractivity contribution >= 4 is 12.1 Å². The number of aromatic nitrogens is 1. The van der Waals surface area contributed by atoms with Crippen molar-refractivity contribution in [2.75, 3.05) is 18.0 Å². The molecule has 1 aromatic rings. The van der Waals surface area contributed by atoms with E-state index in [1.165, 1.54) is 0 Å². The summed E-state index contributed by atoms with van der Waals surface area (Å²) in [6.07, 6.45) is 2.80. The largest absolute Gasteiger partial charge is 0.357 e. The summed E-state index contributed by atoms with van der Waals surface area (Å²) < 4.78 is 0. The van der Waals surface area contributed by atoms with Gasteiger partial charge in [-0.25, -0.2) is 4.98 Å². The smallest absolute Gasteiger partial charge is 0.130 e. The average Bonchev–Trinajstić information content (AvgIpc) is 2.38. The van der Waals surface area contributed by atoms with E-state index in [0.717, 1.165) is 43.7 Å². The molecule has 0 bridgehead atoms. The van der Waals surface area contributed by atoms with Crippen molar-refractivity contribution < 1.29 is 4.79 Å². The maximum absolute atomic E-state index is 10.7. The summed E-state index contributed by atoms with van der Waals surface area (Å²) in [7, 11) is 0. The van der Waals surface area contributed by atoms with Gasteiger partial charge in [-0.15, -0.1) is 0 Å². The van der Waals surface area contributed by atoms with Gasteiger partial charge in [-0.05, 0) is 31.9 Å². The molecular weight excluding hydrogens is 214 g/mol. The minimum absolute atomic E-state index is 0.187. The molecule has 0 saturated carbocycles. The van der Waals surface area contributed by atoms with Crippen LogP contribution in [0, 0.1) is 24.2 Å². The second-order valence-corrected chi connectivity index (χ2v) is 4.43. The molecule has 0 aliphatic carbocycles. The Labute approximate surface area is 101 Å². The van der Waals surface area contributed by atoms with Gasteiger partial charge in [0.15, 0.2) is 0 Å². The average molecular weight is 229 g/mol. The molecular formula is C13H15N3O. The highest BCUT2D eigenvalue weighted by molar-refractivity contribution is 5.55. The first-order valence-electron chi connectivity index (χ1n) is 5.82. The van der Waals surface area contributed by atoms with Crippen LogP contribution in [-0.2, 0) is 4.79 Å². The van der Waals surface area contributed by atoms with Crippen LogP contribution in [0.4, 0.5) is 5.82 Å². The van der Waals surface area contributed by atoms with Gasteiger partial charge in [-0.3, -0.25) is 0 Å². The normalized spacial score (nSPS) is 16.6. The lowest BCUT2D eigenvalue weighted by atomic mass is 9.98. The fourth-order valence-corrected chi connectivity index (χ4v) is 2.14. The lowest BCUT2D eigenvalue weighted by molar-refractivity contribution is -0.111. The van der Waals surface area contributed by atoms with Gasteiger partial charge in [0.2, 0.25) is 0 Å². The molecule has 0 N–H and O–H groups in total. The molecule has 4 heteroatoms. The van der Waals surface area contributed by atoms with Gasteiger partial charge in [0.1, 0.15) is 12.1 Å². The van der Waals surface area contributed by atoms with Crippen molar-refractivity contribution in [2.24, 2.45) is 5.92 Å². The Morgan fingerprint density at radius 2 is 2.18 bits per heavy atom. The molecule has 2 rings (SSSR count). The third-order valence-electron chi connectivity index (χ3n) is 3.13. The van der Waals surface area contributed by atoms with E-state index < -0.39 is 0 Å². The van der Waals surface area contributed by atoms with E-state index in [4.69, 9.17) is 5.26 Å². The molecule has 0 radical (unpaired) electrons. The van der Waals surface area contributed by atoms with Crippen LogP contribution in [0.3, 0.4) is 0 Å². The number of hydrogen-bond donors (Lipinski definition) is 0. The predicted molar refractivity (Wildman–Crippen MR) is 64.7 cm³/mol. The summed E-state index contributed by atoms with van der Waals surface area (Å²) in [4.78, 5) is 17.3. The highest BCUT2D eigenvalue weighted by atomic mass is 16.1. The van der Waals surface area contributed by atoms with Gasteiger partial charge in [0.05, 0.1) is 11.6 Å². The number of aldehydes is 1. The fraction of sp³-hybridized carbons (Fsp3) is 0.462. The number of piperidine rings is 1. The van der Waals surface area contributed by atoms with E-state index in [2.05, 4.69) is 16.0 Å². The Morgan fingerprint density at radius 3 is 2.76 bits per heavy atom. The third kappa shape index (κ3) is 2.62. The lowest BCUT2D eigenvalue weighted by Crippen LogP contribution is -2.34. The van der Waals surface area contributed by atoms with E-state index >= 15 is 0 Å². The quantitative estimate of drug-likeness (QED) is 0.724. The third-order valence-corrected chi connectivity index (χ3v) is 3.13. The van der Waals surface area contributed by atoms with Crippen LogP contribution >= 0.6 is 0 Å². The second kappa shape index (κ2) is 4.96. The molecule has 0 unspecified atom stereocenters. The molecule has 1 aliphatic rings. The molecule has 0 amide bonds. The van der Waals surface area contributed by atoms with Crippen LogP contribution in [0.25, 0.3) is 0 Å². The summed E-state index contributed by atoms with van der Waals surface area (Å²) in [5.41, 5.74) is 1.50.